The lowest BCUT2D eigenvalue weighted by atomic mass is 10.3. The highest BCUT2D eigenvalue weighted by Gasteiger charge is 2.03. The summed E-state index contributed by atoms with van der Waals surface area (Å²) in [7, 11) is 0. The summed E-state index contributed by atoms with van der Waals surface area (Å²) in [5.41, 5.74) is 0. The van der Waals surface area contributed by atoms with Gasteiger partial charge in [-0.15, -0.1) is 10.2 Å². The number of carbonyl (C=O) groups is 1. The number of carbonyl (C=O) groups excluding carboxylic acids is 1. The van der Waals surface area contributed by atoms with E-state index in [0.29, 0.717) is 31.2 Å². The Hall–Kier alpha value is -1.39. The van der Waals surface area contributed by atoms with Crippen LogP contribution in [0.5, 0.6) is 0 Å². The number of nitrogens with zero attached hydrogens (tertiary/aromatic N) is 2. The van der Waals surface area contributed by atoms with Gasteiger partial charge in [-0.05, 0) is 6.42 Å². The largest absolute Gasteiger partial charge is 0.426 e. The topological polar surface area (TPSA) is 68.0 Å². The number of nitrogens with one attached hydrogen (secondary N) is 1. The minimum atomic E-state index is 0.0729. The van der Waals surface area contributed by atoms with Crippen LogP contribution in [0.2, 0.25) is 0 Å². The fourth-order valence-electron chi connectivity index (χ4n) is 1.06. The van der Waals surface area contributed by atoms with Crippen molar-refractivity contribution in [1.29, 1.82) is 0 Å². The van der Waals surface area contributed by atoms with Gasteiger partial charge in [0.1, 0.15) is 0 Å². The number of aromatic nitrogens is 2. The summed E-state index contributed by atoms with van der Waals surface area (Å²) in [4.78, 5) is 11.1. The standard InChI is InChI=1S/C9H15N3O2/c1-3-4-8(13)10-6-5-9-12-11-7(2)14-9/h3-6H2,1-2H3,(H,10,13). The minimum Gasteiger partial charge on any atom is -0.426 e. The van der Waals surface area contributed by atoms with Crippen LogP contribution >= 0.6 is 0 Å². The van der Waals surface area contributed by atoms with Crippen molar-refractivity contribution in [3.63, 3.8) is 0 Å². The highest BCUT2D eigenvalue weighted by molar-refractivity contribution is 5.75. The van der Waals surface area contributed by atoms with E-state index in [0.717, 1.165) is 6.42 Å². The van der Waals surface area contributed by atoms with Crippen molar-refractivity contribution in [3.8, 4) is 0 Å². The van der Waals surface area contributed by atoms with Crippen molar-refractivity contribution in [2.24, 2.45) is 0 Å². The second-order valence-corrected chi connectivity index (χ2v) is 3.06. The van der Waals surface area contributed by atoms with Crippen molar-refractivity contribution in [2.75, 3.05) is 6.54 Å². The first-order chi connectivity index (χ1) is 6.72. The molecule has 1 amide bonds. The maximum Gasteiger partial charge on any atom is 0.219 e. The minimum absolute atomic E-state index is 0.0729. The molecule has 1 aromatic heterocycles. The predicted octanol–water partition coefficient (Wildman–Crippen LogP) is 0.837. The zero-order chi connectivity index (χ0) is 10.4. The van der Waals surface area contributed by atoms with Gasteiger partial charge in [-0.1, -0.05) is 6.92 Å². The molecule has 0 aliphatic rings. The van der Waals surface area contributed by atoms with Gasteiger partial charge in [0.2, 0.25) is 17.7 Å². The summed E-state index contributed by atoms with van der Waals surface area (Å²) in [5.74, 6) is 1.20. The molecule has 0 aromatic carbocycles. The van der Waals surface area contributed by atoms with E-state index in [1.54, 1.807) is 6.92 Å². The highest BCUT2D eigenvalue weighted by Crippen LogP contribution is 1.97. The molecule has 5 heteroatoms. The fraction of sp³-hybridized carbons (Fsp3) is 0.667. The molecule has 0 aliphatic heterocycles. The zero-order valence-electron chi connectivity index (χ0n) is 8.54. The molecule has 0 spiro atoms. The molecular weight excluding hydrogens is 182 g/mol. The third-order valence-corrected chi connectivity index (χ3v) is 1.71. The Morgan fingerprint density at radius 1 is 1.50 bits per heavy atom. The van der Waals surface area contributed by atoms with Gasteiger partial charge < -0.3 is 9.73 Å². The SMILES string of the molecule is CCCC(=O)NCCc1nnc(C)o1. The molecule has 0 bridgehead atoms. The van der Waals surface area contributed by atoms with Crippen LogP contribution in [0.15, 0.2) is 4.42 Å². The molecule has 0 saturated carbocycles. The molecule has 1 N–H and O–H groups in total. The first kappa shape index (κ1) is 10.7. The molecule has 0 radical (unpaired) electrons. The Kier molecular flexibility index (Phi) is 4.10. The molecule has 14 heavy (non-hydrogen) atoms. The molecule has 0 saturated heterocycles. The lowest BCUT2D eigenvalue weighted by Crippen LogP contribution is -2.25. The summed E-state index contributed by atoms with van der Waals surface area (Å²) in [6, 6.07) is 0. The number of amides is 1. The van der Waals surface area contributed by atoms with Crippen molar-refractivity contribution >= 4 is 5.91 Å². The Morgan fingerprint density at radius 2 is 2.29 bits per heavy atom. The van der Waals surface area contributed by atoms with Crippen LogP contribution in [0, 0.1) is 6.92 Å². The van der Waals surface area contributed by atoms with Gasteiger partial charge in [0.25, 0.3) is 0 Å². The van der Waals surface area contributed by atoms with Gasteiger partial charge in [-0.3, -0.25) is 4.79 Å². The molecule has 0 fully saturated rings. The third kappa shape index (κ3) is 3.55. The van der Waals surface area contributed by atoms with Gasteiger partial charge in [-0.25, -0.2) is 0 Å². The van der Waals surface area contributed by atoms with Crippen LogP contribution in [0.25, 0.3) is 0 Å². The second kappa shape index (κ2) is 5.36. The van der Waals surface area contributed by atoms with Crippen molar-refractivity contribution < 1.29 is 9.21 Å². The summed E-state index contributed by atoms with van der Waals surface area (Å²) in [6.07, 6.45) is 2.03. The van der Waals surface area contributed by atoms with E-state index >= 15 is 0 Å². The Bertz CT molecular complexity index is 296. The molecular formula is C9H15N3O2. The molecule has 1 rings (SSSR count). The van der Waals surface area contributed by atoms with E-state index in [4.69, 9.17) is 4.42 Å². The van der Waals surface area contributed by atoms with Gasteiger partial charge in [0.05, 0.1) is 0 Å². The highest BCUT2D eigenvalue weighted by atomic mass is 16.4. The van der Waals surface area contributed by atoms with E-state index < -0.39 is 0 Å². The fourth-order valence-corrected chi connectivity index (χ4v) is 1.06. The quantitative estimate of drug-likeness (QED) is 0.759. The smallest absolute Gasteiger partial charge is 0.219 e. The van der Waals surface area contributed by atoms with E-state index in [1.807, 2.05) is 6.92 Å². The zero-order valence-corrected chi connectivity index (χ0v) is 8.54. The third-order valence-electron chi connectivity index (χ3n) is 1.71. The summed E-state index contributed by atoms with van der Waals surface area (Å²) in [5, 5.41) is 10.3. The van der Waals surface area contributed by atoms with Crippen LogP contribution in [-0.2, 0) is 11.2 Å². The van der Waals surface area contributed by atoms with E-state index in [-0.39, 0.29) is 5.91 Å². The van der Waals surface area contributed by atoms with E-state index in [1.165, 1.54) is 0 Å². The van der Waals surface area contributed by atoms with Crippen molar-refractivity contribution in [1.82, 2.24) is 15.5 Å². The first-order valence-electron chi connectivity index (χ1n) is 4.78. The van der Waals surface area contributed by atoms with E-state index in [2.05, 4.69) is 15.5 Å². The summed E-state index contributed by atoms with van der Waals surface area (Å²) < 4.78 is 5.15. The maximum absolute atomic E-state index is 11.1. The van der Waals surface area contributed by atoms with Crippen LogP contribution < -0.4 is 5.32 Å². The Labute approximate surface area is 82.9 Å². The lowest BCUT2D eigenvalue weighted by Gasteiger charge is -2.00. The molecule has 0 atom stereocenters. The number of hydrogen-bond acceptors (Lipinski definition) is 4. The molecule has 1 aromatic rings. The lowest BCUT2D eigenvalue weighted by molar-refractivity contribution is -0.121. The normalized spacial score (nSPS) is 10.1. The molecule has 0 aliphatic carbocycles. The number of rotatable bonds is 5. The molecule has 1 heterocycles. The summed E-state index contributed by atoms with van der Waals surface area (Å²) in [6.45, 7) is 4.27. The Balaban J connectivity index is 2.18. The predicted molar refractivity (Wildman–Crippen MR) is 50.7 cm³/mol. The second-order valence-electron chi connectivity index (χ2n) is 3.06. The molecule has 0 unspecified atom stereocenters. The average Bonchev–Trinajstić information content (AvgIpc) is 2.52. The van der Waals surface area contributed by atoms with Gasteiger partial charge in [-0.2, -0.15) is 0 Å². The number of hydrogen-bond donors (Lipinski definition) is 1. The van der Waals surface area contributed by atoms with Gasteiger partial charge >= 0.3 is 0 Å². The maximum atomic E-state index is 11.1. The van der Waals surface area contributed by atoms with Crippen LogP contribution in [0.4, 0.5) is 0 Å². The first-order valence-corrected chi connectivity index (χ1v) is 4.78. The van der Waals surface area contributed by atoms with Gasteiger partial charge in [0.15, 0.2) is 0 Å². The molecule has 5 nitrogen and oxygen atoms in total. The Morgan fingerprint density at radius 3 is 2.86 bits per heavy atom. The van der Waals surface area contributed by atoms with Crippen LogP contribution in [-0.4, -0.2) is 22.6 Å². The van der Waals surface area contributed by atoms with E-state index in [9.17, 15) is 4.79 Å². The van der Waals surface area contributed by atoms with Gasteiger partial charge in [0, 0.05) is 26.3 Å². The van der Waals surface area contributed by atoms with Crippen LogP contribution in [0.3, 0.4) is 0 Å². The molecule has 78 valence electrons. The van der Waals surface area contributed by atoms with Crippen molar-refractivity contribution in [2.45, 2.75) is 33.1 Å². The number of aryl methyl sites for hydroxylation is 1. The summed E-state index contributed by atoms with van der Waals surface area (Å²) >= 11 is 0. The average molecular weight is 197 g/mol. The van der Waals surface area contributed by atoms with Crippen LogP contribution in [0.1, 0.15) is 31.5 Å². The monoisotopic (exact) mass is 197 g/mol. The van der Waals surface area contributed by atoms with Crippen molar-refractivity contribution in [3.05, 3.63) is 11.8 Å².